The van der Waals surface area contributed by atoms with Gasteiger partial charge in [-0.1, -0.05) is 18.1 Å². The van der Waals surface area contributed by atoms with Crippen molar-refractivity contribution in [3.8, 4) is 41.1 Å². The van der Waals surface area contributed by atoms with Crippen molar-refractivity contribution in [2.24, 2.45) is 0 Å². The molecule has 31 nitrogen and oxygen atoms in total. The van der Waals surface area contributed by atoms with Crippen LogP contribution < -0.4 is 59.8 Å². The number of ether oxygens (including phenoxy) is 5. The van der Waals surface area contributed by atoms with Crippen LogP contribution in [0.3, 0.4) is 0 Å². The third-order valence-electron chi connectivity index (χ3n) is 16.5. The second-order valence-electron chi connectivity index (χ2n) is 24.6. The Kier molecular flexibility index (Phi) is 32.2. The molecule has 598 valence electrons. The van der Waals surface area contributed by atoms with E-state index in [4.69, 9.17) is 44.9 Å². The van der Waals surface area contributed by atoms with E-state index in [0.29, 0.717) is 33.5 Å². The van der Waals surface area contributed by atoms with Gasteiger partial charge in [-0.3, -0.25) is 75.1 Å². The fourth-order valence-electron chi connectivity index (χ4n) is 10.6. The molecule has 12 heterocycles. The van der Waals surface area contributed by atoms with Crippen LogP contribution in [0.15, 0.2) is 149 Å². The van der Waals surface area contributed by atoms with Gasteiger partial charge < -0.3 is 53.5 Å². The smallest absolute Gasteiger partial charge is 0.323 e. The molecular weight excluding hydrogens is 1980 g/mol. The SMILES string of the molecule is C#C[C@]1(CN2Cc3ccc(OC)c(F)c3C2=O)NC(=O)NC1=O.COc1cc(C)[n+](O)cc1Br.COc1cc(C)ncc1Br.COc1cc(C)ncc1I.COc1ccc2c(c1F)C(=O)N(C[C@@]1(c3cc4cnc(C)cc4o3)NC(=O)NC1=O)C2.Cc1cc(=O)c(I)c[nH]1.Cc1cc([N+](=O)[O-])c(Br)c[n+]1O.Cc1ccc(Br)cn1. The molecule has 7 N–H and O–H groups in total. The number of amides is 8. The molecule has 8 aromatic heterocycles. The van der Waals surface area contributed by atoms with Gasteiger partial charge in [0, 0.05) is 130 Å². The number of carbonyl (C=O) groups is 6. The van der Waals surface area contributed by atoms with Gasteiger partial charge in [0.15, 0.2) is 44.1 Å². The van der Waals surface area contributed by atoms with Crippen LogP contribution in [0.4, 0.5) is 24.1 Å². The number of nitro groups is 1. The number of rotatable bonds is 11. The van der Waals surface area contributed by atoms with Crippen LogP contribution >= 0.6 is 109 Å². The molecule has 2 atom stereocenters. The van der Waals surface area contributed by atoms with Crippen molar-refractivity contribution in [3.63, 3.8) is 0 Å². The number of aryl methyl sites for hydroxylation is 7. The summed E-state index contributed by atoms with van der Waals surface area (Å²) in [5.74, 6) is 0.605. The van der Waals surface area contributed by atoms with E-state index < -0.39 is 63.3 Å². The van der Waals surface area contributed by atoms with Gasteiger partial charge in [0.25, 0.3) is 29.3 Å². The predicted octanol–water partition coefficient (Wildman–Crippen LogP) is 12.1. The number of imide groups is 2. The summed E-state index contributed by atoms with van der Waals surface area (Å²) >= 11 is 17.0. The van der Waals surface area contributed by atoms with Crippen LogP contribution in [0.5, 0.6) is 28.7 Å². The summed E-state index contributed by atoms with van der Waals surface area (Å²) in [5.41, 5.74) is 3.66. The van der Waals surface area contributed by atoms with E-state index in [1.54, 1.807) is 109 Å². The third-order valence-corrected chi connectivity index (χ3v) is 20.4. The van der Waals surface area contributed by atoms with Crippen molar-refractivity contribution in [1.29, 1.82) is 0 Å². The quantitative estimate of drug-likeness (QED) is 0.0120. The molecule has 0 bridgehead atoms. The Labute approximate surface area is 711 Å². The Hall–Kier alpha value is -10.6. The van der Waals surface area contributed by atoms with Crippen molar-refractivity contribution < 1.29 is 90.4 Å². The number of urea groups is 2. The van der Waals surface area contributed by atoms with E-state index >= 15 is 0 Å². The second-order valence-corrected chi connectivity index (χ2v) is 30.4. The highest BCUT2D eigenvalue weighted by Gasteiger charge is 2.54. The van der Waals surface area contributed by atoms with E-state index in [1.807, 2.05) is 79.9 Å². The van der Waals surface area contributed by atoms with Crippen LogP contribution in [-0.2, 0) is 28.2 Å². The van der Waals surface area contributed by atoms with Crippen molar-refractivity contribution in [1.82, 2.24) is 56.0 Å². The molecule has 114 heavy (non-hydrogen) atoms. The average molecular weight is 2050 g/mol. The van der Waals surface area contributed by atoms with Crippen molar-refractivity contribution >= 4 is 161 Å². The van der Waals surface area contributed by atoms with E-state index in [0.717, 1.165) is 75.7 Å². The third kappa shape index (κ3) is 22.7. The number of benzene rings is 2. The molecule has 39 heteroatoms. The Morgan fingerprint density at radius 3 is 1.57 bits per heavy atom. The lowest BCUT2D eigenvalue weighted by atomic mass is 9.95. The number of hydrogen-bond donors (Lipinski definition) is 7. The molecule has 8 amide bonds. The van der Waals surface area contributed by atoms with E-state index in [-0.39, 0.29) is 70.2 Å². The summed E-state index contributed by atoms with van der Waals surface area (Å²) in [5, 5.41) is 38.4. The maximum absolute atomic E-state index is 14.7. The molecule has 4 aliphatic heterocycles. The minimum atomic E-state index is -1.66. The lowest BCUT2D eigenvalue weighted by Crippen LogP contribution is -2.54. The number of aromatic nitrogens is 7. The van der Waals surface area contributed by atoms with Crippen LogP contribution in [0.1, 0.15) is 77.5 Å². The summed E-state index contributed by atoms with van der Waals surface area (Å²) in [6.45, 7) is 12.5. The first kappa shape index (κ1) is 90.6. The number of pyridine rings is 7. The molecule has 2 saturated heterocycles. The minimum Gasteiger partial charge on any atom is -0.496 e. The van der Waals surface area contributed by atoms with Gasteiger partial charge in [0.2, 0.25) is 23.8 Å². The zero-order valence-corrected chi connectivity index (χ0v) is 73.2. The summed E-state index contributed by atoms with van der Waals surface area (Å²) < 4.78 is 66.3. The molecule has 0 unspecified atom stereocenters. The normalized spacial score (nSPS) is 15.1. The Bertz CT molecular complexity index is 5360. The van der Waals surface area contributed by atoms with Crippen molar-refractivity contribution in [2.45, 2.75) is 72.6 Å². The Morgan fingerprint density at radius 2 is 1.10 bits per heavy atom. The first-order chi connectivity index (χ1) is 53.9. The molecule has 2 aromatic carbocycles. The first-order valence-corrected chi connectivity index (χ1v) is 38.4. The summed E-state index contributed by atoms with van der Waals surface area (Å²) in [4.78, 5) is 116. The second kappa shape index (κ2) is 40.5. The maximum Gasteiger partial charge on any atom is 0.323 e. The standard InChI is InChI=1S/C21H17FN4O5.C15H12FN3O4.C7H9BrNO2.C7H8BrNO.C7H8INO.C6H6BrN2O3.C6H6BrN.C6H6INO/c1-10-5-14-12(7-23-10)6-15(31-14)21(19(28)24-20(29)25-21)9-26-8-11-3-4-13(30-2)17(22)16(11)18(26)27;1-3-15(13(21)17-14(22)18-15)7-19-6-8-4-5-9(23-2)11(16)10(8)12(19)20;1-5-3-7(11-2)6(8)4-9(5)10;2*1-5-3-7(10-2)6(8)4-9-5;1-4-2-6(9(11)12)5(7)3-8(4)10;1-5-2-3-6(7)4-8-5;1-4-2-6(9)5(7)3-8-4/h3-7H,8-9H2,1-2H3,(H2,24,25,28,29);1,4-5H,6-7H2,2H3,(H2,17,18,21,22);3-4,10H,1-2H3;2*3-4H,1-2H3;2-3,10H,1H3;2-4H,1H3;2-3H,1H3,(H,8,9)/q;;+1;;;+1;;/t21-;15-;;;;;;/m01....../s1. The van der Waals surface area contributed by atoms with Gasteiger partial charge in [0.05, 0.1) is 88.4 Å². The largest absolute Gasteiger partial charge is 0.496 e. The van der Waals surface area contributed by atoms with Crippen LogP contribution in [0.2, 0.25) is 0 Å². The Morgan fingerprint density at radius 1 is 0.596 bits per heavy atom. The zero-order valence-electron chi connectivity index (χ0n) is 62.5. The molecule has 0 spiro atoms. The monoisotopic (exact) mass is 2050 g/mol. The number of hydrogen-bond acceptors (Lipinski definition) is 21. The number of fused-ring (bicyclic) bond motifs is 3. The fourth-order valence-corrected chi connectivity index (χ4v) is 13.0. The van der Waals surface area contributed by atoms with Crippen LogP contribution in [0.25, 0.3) is 11.0 Å². The van der Waals surface area contributed by atoms with Gasteiger partial charge in [0.1, 0.15) is 33.1 Å². The summed E-state index contributed by atoms with van der Waals surface area (Å²) in [6.07, 6.45) is 16.8. The molecule has 4 aliphatic rings. The van der Waals surface area contributed by atoms with Gasteiger partial charge in [-0.25, -0.2) is 18.4 Å². The van der Waals surface area contributed by atoms with E-state index in [2.05, 4.69) is 133 Å². The van der Waals surface area contributed by atoms with E-state index in [9.17, 15) is 52.5 Å². The van der Waals surface area contributed by atoms with Crippen molar-refractivity contribution in [3.05, 3.63) is 247 Å². The van der Waals surface area contributed by atoms with Gasteiger partial charge in [-0.15, -0.1) is 6.42 Å². The van der Waals surface area contributed by atoms with Gasteiger partial charge >= 0.3 is 12.1 Å². The highest BCUT2D eigenvalue weighted by Crippen LogP contribution is 2.38. The number of nitrogens with zero attached hydrogens (tertiary/aromatic N) is 9. The Balaban J connectivity index is 0.000000191. The average Bonchev–Trinajstić information content (AvgIpc) is 1.59. The number of terminal acetylenes is 1. The van der Waals surface area contributed by atoms with E-state index in [1.165, 1.54) is 54.6 Å². The fraction of sp³-hybridized carbons (Fsp3) is 0.240. The molecule has 0 aliphatic carbocycles. The van der Waals surface area contributed by atoms with Gasteiger partial charge in [-0.05, 0) is 185 Å². The molecule has 2 fully saturated rings. The molecule has 0 saturated carbocycles. The predicted molar refractivity (Wildman–Crippen MR) is 439 cm³/mol. The van der Waals surface area contributed by atoms with Crippen molar-refractivity contribution in [2.75, 3.05) is 48.6 Å². The molecule has 10 aromatic rings. The molecule has 0 radical (unpaired) electrons. The number of nitrogens with one attached hydrogen (secondary N) is 5. The number of methoxy groups -OCH3 is 5. The number of furan rings is 1. The number of carbonyl (C=O) groups excluding carboxylic acids is 6. The molecular formula is C75H72Br4F2I2N14O17+2. The lowest BCUT2D eigenvalue weighted by Gasteiger charge is -2.29. The number of H-pyrrole nitrogens is 1. The van der Waals surface area contributed by atoms with Crippen LogP contribution in [0, 0.1) is 89.7 Å². The lowest BCUT2D eigenvalue weighted by molar-refractivity contribution is -0.909. The topological polar surface area (TPSA) is 392 Å². The number of halogens is 8. The van der Waals surface area contributed by atoms with Gasteiger partial charge in [-0.2, -0.15) is 0 Å². The zero-order chi connectivity index (χ0) is 84.4. The highest BCUT2D eigenvalue weighted by atomic mass is 127. The first-order valence-electron chi connectivity index (χ1n) is 33.0. The number of aromatic amines is 1. The summed E-state index contributed by atoms with van der Waals surface area (Å²) in [6, 6.07) is 20.3. The summed E-state index contributed by atoms with van der Waals surface area (Å²) in [7, 11) is 7.50. The molecule has 14 rings (SSSR count). The minimum absolute atomic E-state index is 0.0440. The van der Waals surface area contributed by atoms with Crippen LogP contribution in [-0.4, -0.2) is 140 Å². The highest BCUT2D eigenvalue weighted by molar-refractivity contribution is 14.1. The maximum atomic E-state index is 14.7.